The second-order valence-corrected chi connectivity index (χ2v) is 10.1. The van der Waals surface area contributed by atoms with Crippen LogP contribution in [0.1, 0.15) is 75.2 Å². The third-order valence-corrected chi connectivity index (χ3v) is 6.33. The molecule has 0 saturated heterocycles. The number of urea groups is 1. The van der Waals surface area contributed by atoms with Gasteiger partial charge in [-0.1, -0.05) is 31.0 Å². The molecule has 1 aliphatic rings. The normalized spacial score (nSPS) is 15.0. The Kier molecular flexibility index (Phi) is 11.7. The highest BCUT2D eigenvalue weighted by atomic mass is 16.7. The second-order valence-electron chi connectivity index (χ2n) is 10.1. The predicted octanol–water partition coefficient (Wildman–Crippen LogP) is 5.05. The fraction of sp³-hybridized carbons (Fsp3) is 0.552. The first-order valence-corrected chi connectivity index (χ1v) is 13.4. The van der Waals surface area contributed by atoms with Crippen molar-refractivity contribution in [3.63, 3.8) is 0 Å². The van der Waals surface area contributed by atoms with Crippen LogP contribution in [0.15, 0.2) is 42.5 Å². The molecule has 2 amide bonds. The predicted molar refractivity (Wildman–Crippen MR) is 146 cm³/mol. The number of amides is 2. The van der Waals surface area contributed by atoms with Gasteiger partial charge in [0.2, 0.25) is 5.79 Å². The summed E-state index contributed by atoms with van der Waals surface area (Å²) in [6, 6.07) is 13.0. The lowest BCUT2D eigenvalue weighted by Crippen LogP contribution is -2.35. The number of benzene rings is 2. The molecule has 8 heteroatoms. The molecule has 0 aliphatic carbocycles. The lowest BCUT2D eigenvalue weighted by molar-refractivity contribution is -0.180. The fourth-order valence-electron chi connectivity index (χ4n) is 4.31. The fourth-order valence-corrected chi connectivity index (χ4v) is 4.31. The van der Waals surface area contributed by atoms with Crippen LogP contribution in [0.4, 0.5) is 10.5 Å². The minimum absolute atomic E-state index is 0.492. The number of carbonyl (C=O) groups is 1. The van der Waals surface area contributed by atoms with Gasteiger partial charge in [-0.3, -0.25) is 0 Å². The van der Waals surface area contributed by atoms with Gasteiger partial charge in [-0.05, 0) is 74.0 Å². The number of anilines is 1. The number of primary amides is 1. The molecule has 2 aromatic carbocycles. The molecule has 204 valence electrons. The van der Waals surface area contributed by atoms with Crippen LogP contribution >= 0.6 is 0 Å². The SMILES string of the molecule is CC1(C)OCc2cc([C@H](O)CNCCCCCCOCCCCc3cccc(NC(N)=O)c3)ccc2O1. The van der Waals surface area contributed by atoms with Crippen molar-refractivity contribution in [1.82, 2.24) is 5.32 Å². The molecular formula is C29H43N3O5. The van der Waals surface area contributed by atoms with Crippen molar-refractivity contribution < 1.29 is 24.1 Å². The summed E-state index contributed by atoms with van der Waals surface area (Å²) in [4.78, 5) is 11.0. The highest BCUT2D eigenvalue weighted by Crippen LogP contribution is 2.32. The maximum Gasteiger partial charge on any atom is 0.316 e. The molecule has 3 rings (SSSR count). The highest BCUT2D eigenvalue weighted by molar-refractivity contribution is 5.87. The maximum atomic E-state index is 11.0. The number of nitrogens with two attached hydrogens (primary N) is 1. The summed E-state index contributed by atoms with van der Waals surface area (Å²) in [5.41, 5.74) is 8.93. The Morgan fingerprint density at radius 1 is 1.08 bits per heavy atom. The van der Waals surface area contributed by atoms with Gasteiger partial charge < -0.3 is 35.7 Å². The Balaban J connectivity index is 1.15. The van der Waals surface area contributed by atoms with Crippen molar-refractivity contribution in [1.29, 1.82) is 0 Å². The van der Waals surface area contributed by atoms with Crippen molar-refractivity contribution in [2.75, 3.05) is 31.6 Å². The third-order valence-electron chi connectivity index (χ3n) is 6.33. The van der Waals surface area contributed by atoms with Crippen LogP contribution in [0.3, 0.4) is 0 Å². The van der Waals surface area contributed by atoms with Gasteiger partial charge in [0.1, 0.15) is 5.75 Å². The van der Waals surface area contributed by atoms with E-state index < -0.39 is 17.9 Å². The first-order chi connectivity index (χ1) is 17.8. The number of hydrogen-bond donors (Lipinski definition) is 4. The number of aryl methyl sites for hydroxylation is 1. The number of hydrogen-bond acceptors (Lipinski definition) is 6. The molecule has 37 heavy (non-hydrogen) atoms. The first-order valence-electron chi connectivity index (χ1n) is 13.4. The zero-order chi connectivity index (χ0) is 26.5. The monoisotopic (exact) mass is 513 g/mol. The van der Waals surface area contributed by atoms with E-state index >= 15 is 0 Å². The quantitative estimate of drug-likeness (QED) is 0.234. The Bertz CT molecular complexity index is 982. The van der Waals surface area contributed by atoms with E-state index in [4.69, 9.17) is 19.9 Å². The molecule has 2 aromatic rings. The Morgan fingerprint density at radius 2 is 1.86 bits per heavy atom. The molecule has 1 heterocycles. The minimum atomic E-state index is -0.609. The van der Waals surface area contributed by atoms with Crippen LogP contribution in [-0.4, -0.2) is 43.2 Å². The molecule has 0 unspecified atom stereocenters. The zero-order valence-corrected chi connectivity index (χ0v) is 22.3. The van der Waals surface area contributed by atoms with Gasteiger partial charge in [0.15, 0.2) is 0 Å². The van der Waals surface area contributed by atoms with E-state index in [2.05, 4.69) is 16.7 Å². The molecule has 5 N–H and O–H groups in total. The number of unbranched alkanes of at least 4 members (excludes halogenated alkanes) is 4. The summed E-state index contributed by atoms with van der Waals surface area (Å²) < 4.78 is 17.3. The first kappa shape index (κ1) is 28.9. The van der Waals surface area contributed by atoms with Crippen LogP contribution in [-0.2, 0) is 22.5 Å². The van der Waals surface area contributed by atoms with E-state index in [1.165, 1.54) is 5.56 Å². The van der Waals surface area contributed by atoms with Gasteiger partial charge in [-0.2, -0.15) is 0 Å². The number of aliphatic hydroxyl groups excluding tert-OH is 1. The molecule has 0 radical (unpaired) electrons. The van der Waals surface area contributed by atoms with E-state index in [-0.39, 0.29) is 0 Å². The summed E-state index contributed by atoms with van der Waals surface area (Å²) >= 11 is 0. The van der Waals surface area contributed by atoms with Gasteiger partial charge in [0, 0.05) is 44.9 Å². The Hall–Kier alpha value is -2.65. The van der Waals surface area contributed by atoms with Crippen molar-refractivity contribution >= 4 is 11.7 Å². The topological polar surface area (TPSA) is 115 Å². The Morgan fingerprint density at radius 3 is 2.68 bits per heavy atom. The standard InChI is InChI=1S/C29H43N3O5/c1-29(2)36-21-24-19-23(13-14-27(24)37-29)26(33)20-31-15-6-3-4-7-16-35-17-8-5-10-22-11-9-12-25(18-22)32-28(30)34/h9,11-14,18-19,26,31,33H,3-8,10,15-17,20-21H2,1-2H3,(H3,30,32,34)/t26-/m1/s1. The number of rotatable bonds is 16. The molecule has 0 saturated carbocycles. The molecule has 0 fully saturated rings. The largest absolute Gasteiger partial charge is 0.463 e. The van der Waals surface area contributed by atoms with Gasteiger partial charge >= 0.3 is 6.03 Å². The average molecular weight is 514 g/mol. The average Bonchev–Trinajstić information content (AvgIpc) is 2.85. The van der Waals surface area contributed by atoms with Crippen LogP contribution in [0, 0.1) is 0 Å². The van der Waals surface area contributed by atoms with E-state index in [1.54, 1.807) is 0 Å². The third kappa shape index (κ3) is 10.7. The van der Waals surface area contributed by atoms with Gasteiger partial charge in [0.25, 0.3) is 0 Å². The van der Waals surface area contributed by atoms with Crippen molar-refractivity contribution in [3.8, 4) is 5.75 Å². The number of nitrogens with one attached hydrogen (secondary N) is 2. The van der Waals surface area contributed by atoms with E-state index in [1.807, 2.05) is 50.2 Å². The smallest absolute Gasteiger partial charge is 0.316 e. The Labute approximate surface area is 220 Å². The highest BCUT2D eigenvalue weighted by Gasteiger charge is 2.27. The summed E-state index contributed by atoms with van der Waals surface area (Å²) in [5, 5.41) is 16.5. The summed E-state index contributed by atoms with van der Waals surface area (Å²) in [5.74, 6) is 0.216. The maximum absolute atomic E-state index is 11.0. The second kappa shape index (κ2) is 14.9. The lowest BCUT2D eigenvalue weighted by atomic mass is 10.0. The number of ether oxygens (including phenoxy) is 3. The van der Waals surface area contributed by atoms with Crippen LogP contribution in [0.2, 0.25) is 0 Å². The molecular weight excluding hydrogens is 470 g/mol. The summed E-state index contributed by atoms with van der Waals surface area (Å²) in [6.07, 6.45) is 6.90. The minimum Gasteiger partial charge on any atom is -0.463 e. The summed E-state index contributed by atoms with van der Waals surface area (Å²) in [7, 11) is 0. The van der Waals surface area contributed by atoms with Crippen molar-refractivity contribution in [3.05, 3.63) is 59.2 Å². The van der Waals surface area contributed by atoms with E-state index in [0.29, 0.717) is 13.2 Å². The number of carbonyl (C=O) groups excluding carboxylic acids is 1. The van der Waals surface area contributed by atoms with Gasteiger partial charge in [-0.25, -0.2) is 4.79 Å². The molecule has 8 nitrogen and oxygen atoms in total. The van der Waals surface area contributed by atoms with E-state index in [9.17, 15) is 9.90 Å². The van der Waals surface area contributed by atoms with Crippen LogP contribution < -0.4 is 21.1 Å². The lowest BCUT2D eigenvalue weighted by Gasteiger charge is -2.33. The molecule has 0 bridgehead atoms. The molecule has 0 spiro atoms. The molecule has 1 aliphatic heterocycles. The molecule has 0 aromatic heterocycles. The van der Waals surface area contributed by atoms with Gasteiger partial charge in [0.05, 0.1) is 12.7 Å². The van der Waals surface area contributed by atoms with Crippen LogP contribution in [0.5, 0.6) is 5.75 Å². The van der Waals surface area contributed by atoms with Crippen molar-refractivity contribution in [2.45, 2.75) is 77.3 Å². The van der Waals surface area contributed by atoms with Gasteiger partial charge in [-0.15, -0.1) is 0 Å². The van der Waals surface area contributed by atoms with E-state index in [0.717, 1.165) is 87.3 Å². The zero-order valence-electron chi connectivity index (χ0n) is 22.3. The van der Waals surface area contributed by atoms with Crippen LogP contribution in [0.25, 0.3) is 0 Å². The molecule has 1 atom stereocenters. The number of fused-ring (bicyclic) bond motifs is 1. The number of aliphatic hydroxyl groups is 1. The summed E-state index contributed by atoms with van der Waals surface area (Å²) in [6.45, 7) is 7.28. The van der Waals surface area contributed by atoms with Crippen molar-refractivity contribution in [2.24, 2.45) is 5.73 Å².